The minimum atomic E-state index is 0.148. The number of likely N-dealkylation sites (tertiary alicyclic amines) is 1. The highest BCUT2D eigenvalue weighted by molar-refractivity contribution is 6.07. The van der Waals surface area contributed by atoms with Crippen molar-refractivity contribution in [2.75, 3.05) is 33.7 Å². The van der Waals surface area contributed by atoms with Crippen molar-refractivity contribution >= 4 is 16.7 Å². The van der Waals surface area contributed by atoms with Gasteiger partial charge in [0.15, 0.2) is 0 Å². The largest absolute Gasteiger partial charge is 0.339 e. The molecule has 1 fully saturated rings. The monoisotopic (exact) mass is 390 g/mol. The summed E-state index contributed by atoms with van der Waals surface area (Å²) in [6.45, 7) is 3.66. The van der Waals surface area contributed by atoms with Crippen molar-refractivity contribution in [1.29, 1.82) is 0 Å². The summed E-state index contributed by atoms with van der Waals surface area (Å²) in [5, 5.41) is 2.16. The van der Waals surface area contributed by atoms with Crippen LogP contribution in [0, 0.1) is 0 Å². The first-order chi connectivity index (χ1) is 14.1. The van der Waals surface area contributed by atoms with E-state index in [4.69, 9.17) is 0 Å². The van der Waals surface area contributed by atoms with E-state index in [1.54, 1.807) is 0 Å². The second kappa shape index (κ2) is 8.78. The molecule has 5 nitrogen and oxygen atoms in total. The van der Waals surface area contributed by atoms with Crippen LogP contribution in [-0.4, -0.2) is 59.0 Å². The second-order valence-electron chi connectivity index (χ2n) is 8.23. The molecule has 29 heavy (non-hydrogen) atoms. The molecule has 0 aliphatic carbocycles. The third kappa shape index (κ3) is 4.35. The highest BCUT2D eigenvalue weighted by Gasteiger charge is 2.27. The van der Waals surface area contributed by atoms with Gasteiger partial charge >= 0.3 is 0 Å². The molecule has 1 amide bonds. The van der Waals surface area contributed by atoms with E-state index in [1.165, 1.54) is 5.82 Å². The maximum atomic E-state index is 13.2. The molecule has 4 rings (SSSR count). The van der Waals surface area contributed by atoms with Crippen molar-refractivity contribution in [3.8, 4) is 0 Å². The number of nitrogens with zero attached hydrogens (tertiary/aromatic N) is 4. The Morgan fingerprint density at radius 3 is 2.66 bits per heavy atom. The van der Waals surface area contributed by atoms with Crippen molar-refractivity contribution in [2.45, 2.75) is 31.7 Å². The number of hydrogen-bond acceptors (Lipinski definition) is 3. The predicted octanol–water partition coefficient (Wildman–Crippen LogP) is 4.01. The minimum absolute atomic E-state index is 0.148. The molecular weight excluding hydrogens is 360 g/mol. The number of amides is 1. The normalized spacial score (nSPS) is 15.3. The van der Waals surface area contributed by atoms with Crippen LogP contribution in [0.25, 0.3) is 10.8 Å². The number of hydrogen-bond donors (Lipinski definition) is 0. The Morgan fingerprint density at radius 2 is 1.86 bits per heavy atom. The van der Waals surface area contributed by atoms with E-state index in [2.05, 4.69) is 46.9 Å². The first-order valence-electron chi connectivity index (χ1n) is 10.6. The van der Waals surface area contributed by atoms with Crippen LogP contribution in [-0.2, 0) is 6.54 Å². The Bertz CT molecular complexity index is 964. The number of aryl methyl sites for hydroxylation is 1. The molecule has 0 bridgehead atoms. The van der Waals surface area contributed by atoms with E-state index in [-0.39, 0.29) is 5.91 Å². The van der Waals surface area contributed by atoms with Crippen molar-refractivity contribution in [1.82, 2.24) is 19.4 Å². The molecule has 0 atom stereocenters. The van der Waals surface area contributed by atoms with E-state index in [0.717, 1.165) is 61.8 Å². The zero-order valence-corrected chi connectivity index (χ0v) is 17.4. The lowest BCUT2D eigenvalue weighted by Gasteiger charge is -2.32. The molecule has 5 heteroatoms. The predicted molar refractivity (Wildman–Crippen MR) is 117 cm³/mol. The van der Waals surface area contributed by atoms with Gasteiger partial charge in [-0.25, -0.2) is 4.98 Å². The first-order valence-corrected chi connectivity index (χ1v) is 10.6. The molecule has 0 saturated carbocycles. The summed E-state index contributed by atoms with van der Waals surface area (Å²) in [5.41, 5.74) is 0.812. The van der Waals surface area contributed by atoms with Gasteiger partial charge in [0.1, 0.15) is 5.82 Å². The van der Waals surface area contributed by atoms with Gasteiger partial charge in [-0.15, -0.1) is 0 Å². The average Bonchev–Trinajstić information content (AvgIpc) is 3.21. The fourth-order valence-electron chi connectivity index (χ4n) is 4.35. The molecule has 3 aromatic rings. The van der Waals surface area contributed by atoms with E-state index >= 15 is 0 Å². The lowest BCUT2D eigenvalue weighted by atomic mass is 9.94. The van der Waals surface area contributed by atoms with Crippen LogP contribution in [0.4, 0.5) is 0 Å². The fraction of sp³-hybridized carbons (Fsp3) is 0.417. The van der Waals surface area contributed by atoms with Crippen molar-refractivity contribution < 1.29 is 4.79 Å². The van der Waals surface area contributed by atoms with Crippen molar-refractivity contribution in [3.63, 3.8) is 0 Å². The standard InChI is InChI=1S/C24H30N4O/c1-26(2)14-6-15-27-18-13-25-23(27)20-11-16-28(17-12-20)24(29)22-10-5-8-19-7-3-4-9-21(19)22/h3-5,7-10,13,18,20H,6,11-12,14-17H2,1-2H3. The molecule has 1 saturated heterocycles. The molecular formula is C24H30N4O. The number of benzene rings is 2. The van der Waals surface area contributed by atoms with Gasteiger partial charge in [0, 0.05) is 43.5 Å². The Hall–Kier alpha value is -2.66. The summed E-state index contributed by atoms with van der Waals surface area (Å²) in [6.07, 6.45) is 7.08. The Kier molecular flexibility index (Phi) is 5.95. The minimum Gasteiger partial charge on any atom is -0.339 e. The highest BCUT2D eigenvalue weighted by atomic mass is 16.2. The quantitative estimate of drug-likeness (QED) is 0.639. The lowest BCUT2D eigenvalue weighted by molar-refractivity contribution is 0.0712. The maximum Gasteiger partial charge on any atom is 0.254 e. The van der Waals surface area contributed by atoms with Gasteiger partial charge in [-0.05, 0) is 56.7 Å². The smallest absolute Gasteiger partial charge is 0.254 e. The molecule has 2 aromatic carbocycles. The van der Waals surface area contributed by atoms with E-state index in [1.807, 2.05) is 41.4 Å². The van der Waals surface area contributed by atoms with Crippen LogP contribution < -0.4 is 0 Å². The zero-order valence-electron chi connectivity index (χ0n) is 17.4. The molecule has 0 N–H and O–H groups in total. The van der Waals surface area contributed by atoms with Gasteiger partial charge in [-0.2, -0.15) is 0 Å². The number of rotatable bonds is 6. The van der Waals surface area contributed by atoms with Crippen LogP contribution in [0.15, 0.2) is 54.9 Å². The van der Waals surface area contributed by atoms with Gasteiger partial charge in [0.2, 0.25) is 0 Å². The summed E-state index contributed by atoms with van der Waals surface area (Å²) in [5.74, 6) is 1.76. The molecule has 1 aliphatic rings. The number of piperidine rings is 1. The van der Waals surface area contributed by atoms with E-state index in [0.29, 0.717) is 5.92 Å². The maximum absolute atomic E-state index is 13.2. The zero-order chi connectivity index (χ0) is 20.2. The van der Waals surface area contributed by atoms with Crippen LogP contribution in [0.2, 0.25) is 0 Å². The Balaban J connectivity index is 1.41. The van der Waals surface area contributed by atoms with Gasteiger partial charge in [0.25, 0.3) is 5.91 Å². The van der Waals surface area contributed by atoms with Gasteiger partial charge < -0.3 is 14.4 Å². The molecule has 1 aliphatic heterocycles. The molecule has 1 aromatic heterocycles. The van der Waals surface area contributed by atoms with Gasteiger partial charge in [-0.1, -0.05) is 36.4 Å². The number of fused-ring (bicyclic) bond motifs is 1. The number of carbonyl (C=O) groups excluding carboxylic acids is 1. The average molecular weight is 391 g/mol. The van der Waals surface area contributed by atoms with Crippen LogP contribution >= 0.6 is 0 Å². The SMILES string of the molecule is CN(C)CCCn1ccnc1C1CCN(C(=O)c2cccc3ccccc23)CC1. The number of aromatic nitrogens is 2. The molecule has 0 radical (unpaired) electrons. The summed E-state index contributed by atoms with van der Waals surface area (Å²) in [6, 6.07) is 14.1. The summed E-state index contributed by atoms with van der Waals surface area (Å²) < 4.78 is 2.30. The van der Waals surface area contributed by atoms with Crippen LogP contribution in [0.3, 0.4) is 0 Å². The number of carbonyl (C=O) groups is 1. The molecule has 0 unspecified atom stereocenters. The Morgan fingerprint density at radius 1 is 1.10 bits per heavy atom. The topological polar surface area (TPSA) is 41.4 Å². The van der Waals surface area contributed by atoms with Gasteiger partial charge in [-0.3, -0.25) is 4.79 Å². The molecule has 152 valence electrons. The van der Waals surface area contributed by atoms with Crippen LogP contribution in [0.5, 0.6) is 0 Å². The highest BCUT2D eigenvalue weighted by Crippen LogP contribution is 2.29. The third-order valence-corrected chi connectivity index (χ3v) is 5.92. The van der Waals surface area contributed by atoms with Gasteiger partial charge in [0.05, 0.1) is 0 Å². The fourth-order valence-corrected chi connectivity index (χ4v) is 4.35. The van der Waals surface area contributed by atoms with Crippen molar-refractivity contribution in [3.05, 3.63) is 66.2 Å². The summed E-state index contributed by atoms with van der Waals surface area (Å²) in [4.78, 5) is 22.1. The summed E-state index contributed by atoms with van der Waals surface area (Å²) in [7, 11) is 4.22. The molecule has 2 heterocycles. The van der Waals surface area contributed by atoms with Crippen LogP contribution in [0.1, 0.15) is 41.4 Å². The Labute approximate surface area is 172 Å². The summed E-state index contributed by atoms with van der Waals surface area (Å²) >= 11 is 0. The second-order valence-corrected chi connectivity index (χ2v) is 8.23. The first kappa shape index (κ1) is 19.6. The molecule has 0 spiro atoms. The van der Waals surface area contributed by atoms with E-state index < -0.39 is 0 Å². The van der Waals surface area contributed by atoms with E-state index in [9.17, 15) is 4.79 Å². The lowest BCUT2D eigenvalue weighted by Crippen LogP contribution is -2.38. The number of imidazole rings is 1. The third-order valence-electron chi connectivity index (χ3n) is 5.92. The van der Waals surface area contributed by atoms with Crippen molar-refractivity contribution in [2.24, 2.45) is 0 Å².